The molecule has 4 aromatic rings. The number of aromatic nitrogens is 1. The molecule has 0 aliphatic carbocycles. The van der Waals surface area contributed by atoms with Gasteiger partial charge in [-0.3, -0.25) is 0 Å². The van der Waals surface area contributed by atoms with E-state index in [9.17, 15) is 0 Å². The SMILES string of the molecule is c1ccc(Oc2ccc3nc(-c4ccccc4)sc3c2)cc1. The first kappa shape index (κ1) is 13.0. The lowest BCUT2D eigenvalue weighted by Crippen LogP contribution is -1.82. The summed E-state index contributed by atoms with van der Waals surface area (Å²) >= 11 is 1.68. The van der Waals surface area contributed by atoms with Gasteiger partial charge in [0.05, 0.1) is 10.2 Å². The van der Waals surface area contributed by atoms with Crippen molar-refractivity contribution in [1.82, 2.24) is 4.98 Å². The molecule has 0 saturated carbocycles. The van der Waals surface area contributed by atoms with E-state index in [0.717, 1.165) is 32.3 Å². The zero-order chi connectivity index (χ0) is 14.8. The van der Waals surface area contributed by atoms with Gasteiger partial charge in [-0.1, -0.05) is 48.5 Å². The highest BCUT2D eigenvalue weighted by Gasteiger charge is 2.07. The van der Waals surface area contributed by atoms with Crippen molar-refractivity contribution in [3.8, 4) is 22.1 Å². The predicted octanol–water partition coefficient (Wildman–Crippen LogP) is 5.76. The van der Waals surface area contributed by atoms with E-state index in [1.54, 1.807) is 11.3 Å². The third-order valence-electron chi connectivity index (χ3n) is 3.36. The molecule has 0 N–H and O–H groups in total. The van der Waals surface area contributed by atoms with Crippen LogP contribution in [0.25, 0.3) is 20.8 Å². The summed E-state index contributed by atoms with van der Waals surface area (Å²) < 4.78 is 7.01. The zero-order valence-corrected chi connectivity index (χ0v) is 12.6. The Morgan fingerprint density at radius 2 is 1.45 bits per heavy atom. The minimum atomic E-state index is 0.835. The molecule has 0 bridgehead atoms. The summed E-state index contributed by atoms with van der Waals surface area (Å²) in [6, 6.07) is 26.1. The predicted molar refractivity (Wildman–Crippen MR) is 91.6 cm³/mol. The molecule has 0 atom stereocenters. The molecule has 1 aromatic heterocycles. The van der Waals surface area contributed by atoms with Crippen LogP contribution in [0.3, 0.4) is 0 Å². The van der Waals surface area contributed by atoms with E-state index in [4.69, 9.17) is 9.72 Å². The van der Waals surface area contributed by atoms with Crippen LogP contribution in [-0.2, 0) is 0 Å². The molecule has 0 aliphatic rings. The highest BCUT2D eigenvalue weighted by atomic mass is 32.1. The van der Waals surface area contributed by atoms with Crippen LogP contribution < -0.4 is 4.74 Å². The minimum Gasteiger partial charge on any atom is -0.457 e. The molecule has 3 heteroatoms. The van der Waals surface area contributed by atoms with Crippen molar-refractivity contribution < 1.29 is 4.74 Å². The van der Waals surface area contributed by atoms with Gasteiger partial charge in [0.2, 0.25) is 0 Å². The Balaban J connectivity index is 1.69. The average Bonchev–Trinajstić information content (AvgIpc) is 3.00. The zero-order valence-electron chi connectivity index (χ0n) is 11.8. The van der Waals surface area contributed by atoms with Crippen LogP contribution in [0.1, 0.15) is 0 Å². The van der Waals surface area contributed by atoms with Gasteiger partial charge >= 0.3 is 0 Å². The van der Waals surface area contributed by atoms with E-state index < -0.39 is 0 Å². The number of thiazole rings is 1. The highest BCUT2D eigenvalue weighted by Crippen LogP contribution is 2.33. The van der Waals surface area contributed by atoms with Crippen molar-refractivity contribution >= 4 is 21.6 Å². The number of fused-ring (bicyclic) bond motifs is 1. The lowest BCUT2D eigenvalue weighted by molar-refractivity contribution is 0.483. The summed E-state index contributed by atoms with van der Waals surface area (Å²) in [6.45, 7) is 0. The minimum absolute atomic E-state index is 0.835. The lowest BCUT2D eigenvalue weighted by atomic mass is 10.2. The Kier molecular flexibility index (Phi) is 3.33. The van der Waals surface area contributed by atoms with Crippen LogP contribution in [-0.4, -0.2) is 4.98 Å². The average molecular weight is 303 g/mol. The Hall–Kier alpha value is -2.65. The van der Waals surface area contributed by atoms with Gasteiger partial charge in [0.15, 0.2) is 0 Å². The third-order valence-corrected chi connectivity index (χ3v) is 4.43. The molecule has 22 heavy (non-hydrogen) atoms. The molecule has 0 saturated heterocycles. The first-order valence-electron chi connectivity index (χ1n) is 7.07. The molecule has 0 unspecified atom stereocenters. The first-order valence-corrected chi connectivity index (χ1v) is 7.89. The van der Waals surface area contributed by atoms with Gasteiger partial charge in [0.1, 0.15) is 16.5 Å². The van der Waals surface area contributed by atoms with Crippen LogP contribution in [0.15, 0.2) is 78.9 Å². The fourth-order valence-corrected chi connectivity index (χ4v) is 3.30. The maximum Gasteiger partial charge on any atom is 0.128 e. The van der Waals surface area contributed by atoms with Crippen molar-refractivity contribution in [3.05, 3.63) is 78.9 Å². The fraction of sp³-hybridized carbons (Fsp3) is 0. The molecule has 0 radical (unpaired) electrons. The summed E-state index contributed by atoms with van der Waals surface area (Å²) in [5.74, 6) is 1.68. The molecule has 2 nitrogen and oxygen atoms in total. The van der Waals surface area contributed by atoms with E-state index in [2.05, 4.69) is 12.1 Å². The second-order valence-electron chi connectivity index (χ2n) is 4.93. The van der Waals surface area contributed by atoms with Gasteiger partial charge in [-0.05, 0) is 24.3 Å². The monoisotopic (exact) mass is 303 g/mol. The van der Waals surface area contributed by atoms with E-state index in [1.165, 1.54) is 0 Å². The van der Waals surface area contributed by atoms with Gasteiger partial charge in [-0.25, -0.2) is 4.98 Å². The topological polar surface area (TPSA) is 22.1 Å². The Morgan fingerprint density at radius 3 is 2.23 bits per heavy atom. The van der Waals surface area contributed by atoms with Crippen LogP contribution in [0.5, 0.6) is 11.5 Å². The third kappa shape index (κ3) is 2.59. The summed E-state index contributed by atoms with van der Waals surface area (Å²) in [7, 11) is 0. The van der Waals surface area contributed by atoms with Crippen LogP contribution >= 0.6 is 11.3 Å². The van der Waals surface area contributed by atoms with Gasteiger partial charge in [-0.15, -0.1) is 11.3 Å². The van der Waals surface area contributed by atoms with Crippen molar-refractivity contribution in [3.63, 3.8) is 0 Å². The maximum atomic E-state index is 5.88. The van der Waals surface area contributed by atoms with Crippen molar-refractivity contribution in [2.45, 2.75) is 0 Å². The molecule has 0 amide bonds. The Bertz CT molecular complexity index is 901. The fourth-order valence-electron chi connectivity index (χ4n) is 2.30. The summed E-state index contributed by atoms with van der Waals surface area (Å²) in [5.41, 5.74) is 2.15. The molecular weight excluding hydrogens is 290 g/mol. The largest absolute Gasteiger partial charge is 0.457 e. The quantitative estimate of drug-likeness (QED) is 0.480. The summed E-state index contributed by atoms with van der Waals surface area (Å²) in [6.07, 6.45) is 0. The number of ether oxygens (including phenoxy) is 1. The van der Waals surface area contributed by atoms with E-state index in [-0.39, 0.29) is 0 Å². The summed E-state index contributed by atoms with van der Waals surface area (Å²) in [5, 5.41) is 1.03. The number of para-hydroxylation sites is 1. The molecule has 0 spiro atoms. The van der Waals surface area contributed by atoms with Crippen molar-refractivity contribution in [2.75, 3.05) is 0 Å². The van der Waals surface area contributed by atoms with Crippen molar-refractivity contribution in [1.29, 1.82) is 0 Å². The van der Waals surface area contributed by atoms with Gasteiger partial charge in [-0.2, -0.15) is 0 Å². The van der Waals surface area contributed by atoms with E-state index >= 15 is 0 Å². The van der Waals surface area contributed by atoms with E-state index in [0.29, 0.717) is 0 Å². The number of hydrogen-bond donors (Lipinski definition) is 0. The van der Waals surface area contributed by atoms with Crippen LogP contribution in [0, 0.1) is 0 Å². The Labute approximate surface area is 132 Å². The Morgan fingerprint density at radius 1 is 0.727 bits per heavy atom. The standard InChI is InChI=1S/C19H13NOS/c1-3-7-14(8-4-1)19-20-17-12-11-16(13-18(17)22-19)21-15-9-5-2-6-10-15/h1-13H. The van der Waals surface area contributed by atoms with Gasteiger partial charge in [0, 0.05) is 11.6 Å². The smallest absolute Gasteiger partial charge is 0.128 e. The maximum absolute atomic E-state index is 5.88. The number of rotatable bonds is 3. The molecule has 0 aliphatic heterocycles. The second kappa shape index (κ2) is 5.62. The molecule has 106 valence electrons. The highest BCUT2D eigenvalue weighted by molar-refractivity contribution is 7.21. The van der Waals surface area contributed by atoms with Gasteiger partial charge in [0.25, 0.3) is 0 Å². The molecular formula is C19H13NOS. The molecule has 3 aromatic carbocycles. The second-order valence-corrected chi connectivity index (χ2v) is 5.96. The first-order chi connectivity index (χ1) is 10.9. The normalized spacial score (nSPS) is 10.7. The summed E-state index contributed by atoms with van der Waals surface area (Å²) in [4.78, 5) is 4.69. The molecule has 1 heterocycles. The van der Waals surface area contributed by atoms with Gasteiger partial charge < -0.3 is 4.74 Å². The van der Waals surface area contributed by atoms with Crippen LogP contribution in [0.2, 0.25) is 0 Å². The number of benzene rings is 3. The van der Waals surface area contributed by atoms with E-state index in [1.807, 2.05) is 66.7 Å². The number of hydrogen-bond acceptors (Lipinski definition) is 3. The number of nitrogens with zero attached hydrogens (tertiary/aromatic N) is 1. The molecule has 4 rings (SSSR count). The van der Waals surface area contributed by atoms with Crippen molar-refractivity contribution in [2.24, 2.45) is 0 Å². The van der Waals surface area contributed by atoms with Crippen LogP contribution in [0.4, 0.5) is 0 Å². The lowest BCUT2D eigenvalue weighted by Gasteiger charge is -2.04. The molecule has 0 fully saturated rings.